The SMILES string of the molecule is Cc1cccc(OCCOc2ccccc2CC(=O)O)c1. The zero-order valence-corrected chi connectivity index (χ0v) is 11.9. The van der Waals surface area contributed by atoms with Gasteiger partial charge in [0.25, 0.3) is 0 Å². The Morgan fingerprint density at radius 2 is 1.81 bits per heavy atom. The van der Waals surface area contributed by atoms with Crippen LogP contribution in [0.3, 0.4) is 0 Å². The van der Waals surface area contributed by atoms with Gasteiger partial charge in [-0.2, -0.15) is 0 Å². The summed E-state index contributed by atoms with van der Waals surface area (Å²) in [4.78, 5) is 10.8. The van der Waals surface area contributed by atoms with Gasteiger partial charge in [0.05, 0.1) is 6.42 Å². The van der Waals surface area contributed by atoms with Gasteiger partial charge in [-0.05, 0) is 30.7 Å². The van der Waals surface area contributed by atoms with E-state index in [1.54, 1.807) is 18.2 Å². The number of carboxylic acids is 1. The highest BCUT2D eigenvalue weighted by Crippen LogP contribution is 2.18. The number of rotatable bonds is 7. The monoisotopic (exact) mass is 286 g/mol. The lowest BCUT2D eigenvalue weighted by atomic mass is 10.1. The molecule has 0 saturated carbocycles. The molecule has 0 fully saturated rings. The van der Waals surface area contributed by atoms with Crippen LogP contribution in [0, 0.1) is 6.92 Å². The van der Waals surface area contributed by atoms with E-state index in [9.17, 15) is 4.79 Å². The molecule has 2 aromatic rings. The summed E-state index contributed by atoms with van der Waals surface area (Å²) in [5.41, 5.74) is 1.81. The molecule has 4 nitrogen and oxygen atoms in total. The molecule has 2 rings (SSSR count). The summed E-state index contributed by atoms with van der Waals surface area (Å²) in [6.45, 7) is 2.78. The van der Waals surface area contributed by atoms with E-state index in [1.807, 2.05) is 37.3 Å². The van der Waals surface area contributed by atoms with Gasteiger partial charge in [-0.1, -0.05) is 30.3 Å². The third-order valence-electron chi connectivity index (χ3n) is 2.91. The van der Waals surface area contributed by atoms with Crippen LogP contribution in [0.1, 0.15) is 11.1 Å². The van der Waals surface area contributed by atoms with E-state index in [2.05, 4.69) is 0 Å². The van der Waals surface area contributed by atoms with Crippen molar-refractivity contribution in [3.63, 3.8) is 0 Å². The molecule has 0 aliphatic rings. The standard InChI is InChI=1S/C17H18O4/c1-13-5-4-7-15(11-13)20-9-10-21-16-8-3-2-6-14(16)12-17(18)19/h2-8,11H,9-10,12H2,1H3,(H,18,19). The average molecular weight is 286 g/mol. The molecule has 0 aliphatic heterocycles. The maximum atomic E-state index is 10.8. The van der Waals surface area contributed by atoms with Crippen LogP contribution in [0.15, 0.2) is 48.5 Å². The predicted molar refractivity (Wildman–Crippen MR) is 80.0 cm³/mol. The van der Waals surface area contributed by atoms with Gasteiger partial charge in [-0.15, -0.1) is 0 Å². The van der Waals surface area contributed by atoms with Crippen molar-refractivity contribution in [2.24, 2.45) is 0 Å². The average Bonchev–Trinajstić information content (AvgIpc) is 2.45. The van der Waals surface area contributed by atoms with Crippen LogP contribution >= 0.6 is 0 Å². The smallest absolute Gasteiger partial charge is 0.307 e. The summed E-state index contributed by atoms with van der Waals surface area (Å²) < 4.78 is 11.2. The van der Waals surface area contributed by atoms with Crippen molar-refractivity contribution >= 4 is 5.97 Å². The molecule has 0 amide bonds. The van der Waals surface area contributed by atoms with Gasteiger partial charge in [0, 0.05) is 5.56 Å². The highest BCUT2D eigenvalue weighted by molar-refractivity contribution is 5.71. The molecular formula is C17H18O4. The molecule has 0 spiro atoms. The number of benzene rings is 2. The Bertz CT molecular complexity index is 607. The third-order valence-corrected chi connectivity index (χ3v) is 2.91. The van der Waals surface area contributed by atoms with E-state index < -0.39 is 5.97 Å². The number of aliphatic carboxylic acids is 1. The highest BCUT2D eigenvalue weighted by Gasteiger charge is 2.07. The van der Waals surface area contributed by atoms with Crippen molar-refractivity contribution < 1.29 is 19.4 Å². The minimum Gasteiger partial charge on any atom is -0.490 e. The summed E-state index contributed by atoms with van der Waals surface area (Å²) in [7, 11) is 0. The highest BCUT2D eigenvalue weighted by atomic mass is 16.5. The summed E-state index contributed by atoms with van der Waals surface area (Å²) in [6, 6.07) is 14.9. The van der Waals surface area contributed by atoms with E-state index in [4.69, 9.17) is 14.6 Å². The van der Waals surface area contributed by atoms with Gasteiger partial charge in [0.15, 0.2) is 0 Å². The zero-order valence-electron chi connectivity index (χ0n) is 11.9. The van der Waals surface area contributed by atoms with Crippen LogP contribution in [-0.4, -0.2) is 24.3 Å². The molecule has 0 radical (unpaired) electrons. The van der Waals surface area contributed by atoms with Crippen molar-refractivity contribution in [2.75, 3.05) is 13.2 Å². The largest absolute Gasteiger partial charge is 0.490 e. The van der Waals surface area contributed by atoms with E-state index in [0.29, 0.717) is 24.5 Å². The topological polar surface area (TPSA) is 55.8 Å². The van der Waals surface area contributed by atoms with Crippen LogP contribution in [0.2, 0.25) is 0 Å². The molecule has 0 aromatic heterocycles. The van der Waals surface area contributed by atoms with Gasteiger partial charge in [-0.25, -0.2) is 0 Å². The summed E-state index contributed by atoms with van der Waals surface area (Å²) in [6.07, 6.45) is -0.0467. The Kier molecular flexibility index (Phi) is 5.21. The Morgan fingerprint density at radius 3 is 2.57 bits per heavy atom. The van der Waals surface area contributed by atoms with Crippen LogP contribution in [0.5, 0.6) is 11.5 Å². The van der Waals surface area contributed by atoms with Gasteiger partial charge in [0.2, 0.25) is 0 Å². The third kappa shape index (κ3) is 4.84. The minimum atomic E-state index is -0.873. The summed E-state index contributed by atoms with van der Waals surface area (Å²) in [5.74, 6) is 0.521. The molecular weight excluding hydrogens is 268 g/mol. The fourth-order valence-corrected chi connectivity index (χ4v) is 1.97. The Labute approximate surface area is 123 Å². The van der Waals surface area contributed by atoms with Gasteiger partial charge < -0.3 is 14.6 Å². The fraction of sp³-hybridized carbons (Fsp3) is 0.235. The molecule has 0 bridgehead atoms. The second-order valence-corrected chi connectivity index (χ2v) is 4.69. The number of para-hydroxylation sites is 1. The van der Waals surface area contributed by atoms with E-state index in [-0.39, 0.29) is 6.42 Å². The molecule has 0 unspecified atom stereocenters. The van der Waals surface area contributed by atoms with Crippen molar-refractivity contribution in [3.8, 4) is 11.5 Å². The van der Waals surface area contributed by atoms with Gasteiger partial charge in [-0.3, -0.25) is 4.79 Å². The van der Waals surface area contributed by atoms with E-state index in [1.165, 1.54) is 0 Å². The first kappa shape index (κ1) is 14.9. The van der Waals surface area contributed by atoms with Crippen molar-refractivity contribution in [2.45, 2.75) is 13.3 Å². The first-order chi connectivity index (χ1) is 10.1. The van der Waals surface area contributed by atoms with Crippen molar-refractivity contribution in [1.82, 2.24) is 0 Å². The van der Waals surface area contributed by atoms with Gasteiger partial charge >= 0.3 is 5.97 Å². The molecule has 0 saturated heterocycles. The maximum Gasteiger partial charge on any atom is 0.307 e. The van der Waals surface area contributed by atoms with Crippen molar-refractivity contribution in [3.05, 3.63) is 59.7 Å². The molecule has 21 heavy (non-hydrogen) atoms. The number of carboxylic acid groups (broad SMARTS) is 1. The molecule has 110 valence electrons. The number of ether oxygens (including phenoxy) is 2. The van der Waals surface area contributed by atoms with Crippen LogP contribution < -0.4 is 9.47 Å². The molecule has 4 heteroatoms. The number of aryl methyl sites for hydroxylation is 1. The minimum absolute atomic E-state index is 0.0467. The quantitative estimate of drug-likeness (QED) is 0.795. The lowest BCUT2D eigenvalue weighted by Gasteiger charge is -2.11. The first-order valence-corrected chi connectivity index (χ1v) is 6.77. The van der Waals surface area contributed by atoms with Crippen LogP contribution in [-0.2, 0) is 11.2 Å². The number of carbonyl (C=O) groups is 1. The molecule has 1 N–H and O–H groups in total. The Balaban J connectivity index is 1.85. The first-order valence-electron chi connectivity index (χ1n) is 6.77. The summed E-state index contributed by atoms with van der Waals surface area (Å²) >= 11 is 0. The lowest BCUT2D eigenvalue weighted by Crippen LogP contribution is -2.11. The number of hydrogen-bond donors (Lipinski definition) is 1. The molecule has 0 aliphatic carbocycles. The van der Waals surface area contributed by atoms with E-state index in [0.717, 1.165) is 11.3 Å². The summed E-state index contributed by atoms with van der Waals surface area (Å²) in [5, 5.41) is 8.86. The predicted octanol–water partition coefficient (Wildman–Crippen LogP) is 3.08. The fourth-order valence-electron chi connectivity index (χ4n) is 1.97. The molecule has 0 heterocycles. The Morgan fingerprint density at radius 1 is 1.05 bits per heavy atom. The second-order valence-electron chi connectivity index (χ2n) is 4.69. The van der Waals surface area contributed by atoms with Crippen molar-refractivity contribution in [1.29, 1.82) is 0 Å². The Hall–Kier alpha value is -2.49. The zero-order chi connectivity index (χ0) is 15.1. The maximum absolute atomic E-state index is 10.8. The van der Waals surface area contributed by atoms with E-state index >= 15 is 0 Å². The normalized spacial score (nSPS) is 10.1. The van der Waals surface area contributed by atoms with Crippen LogP contribution in [0.4, 0.5) is 0 Å². The van der Waals surface area contributed by atoms with Gasteiger partial charge in [0.1, 0.15) is 24.7 Å². The molecule has 0 atom stereocenters. The second kappa shape index (κ2) is 7.33. The molecule has 2 aromatic carbocycles. The lowest BCUT2D eigenvalue weighted by molar-refractivity contribution is -0.136. The number of hydrogen-bond acceptors (Lipinski definition) is 3. The van der Waals surface area contributed by atoms with Crippen LogP contribution in [0.25, 0.3) is 0 Å².